The van der Waals surface area contributed by atoms with E-state index in [0.29, 0.717) is 16.9 Å². The molecular formula is C17H11ClFN5O2. The third-order valence-electron chi connectivity index (χ3n) is 3.10. The van der Waals surface area contributed by atoms with Gasteiger partial charge in [0.15, 0.2) is 0 Å². The van der Waals surface area contributed by atoms with Crippen molar-refractivity contribution >= 4 is 23.7 Å². The number of hydrogen-bond acceptors (Lipinski definition) is 6. The molecule has 0 aliphatic heterocycles. The van der Waals surface area contributed by atoms with Crippen molar-refractivity contribution in [3.8, 4) is 11.6 Å². The molecule has 2 aromatic heterocycles. The van der Waals surface area contributed by atoms with Gasteiger partial charge in [-0.1, -0.05) is 0 Å². The highest BCUT2D eigenvalue weighted by atomic mass is 35.5. The number of ether oxygens (including phenoxy) is 1. The zero-order valence-corrected chi connectivity index (χ0v) is 13.9. The van der Waals surface area contributed by atoms with Gasteiger partial charge in [-0.25, -0.2) is 10.4 Å². The van der Waals surface area contributed by atoms with Gasteiger partial charge in [-0.05, 0) is 53.6 Å². The van der Waals surface area contributed by atoms with Gasteiger partial charge in [-0.2, -0.15) is 14.5 Å². The Balaban J connectivity index is 1.61. The van der Waals surface area contributed by atoms with Gasteiger partial charge < -0.3 is 4.74 Å². The number of aromatic nitrogens is 3. The van der Waals surface area contributed by atoms with E-state index < -0.39 is 5.82 Å². The lowest BCUT2D eigenvalue weighted by atomic mass is 10.2. The Hall–Kier alpha value is -3.39. The van der Waals surface area contributed by atoms with E-state index in [0.717, 1.165) is 6.20 Å². The van der Waals surface area contributed by atoms with Crippen LogP contribution in [0.4, 0.5) is 4.39 Å². The van der Waals surface area contributed by atoms with Gasteiger partial charge in [0.05, 0.1) is 12.4 Å². The molecule has 0 radical (unpaired) electrons. The Bertz CT molecular complexity index is 936. The second kappa shape index (κ2) is 8.13. The molecule has 1 amide bonds. The maximum absolute atomic E-state index is 13.5. The van der Waals surface area contributed by atoms with Crippen molar-refractivity contribution in [1.29, 1.82) is 0 Å². The molecule has 0 saturated heterocycles. The fourth-order valence-electron chi connectivity index (χ4n) is 1.87. The quantitative estimate of drug-likeness (QED) is 0.422. The molecule has 0 fully saturated rings. The highest BCUT2D eigenvalue weighted by Crippen LogP contribution is 2.22. The number of amides is 1. The second-order valence-electron chi connectivity index (χ2n) is 4.90. The first-order valence-corrected chi connectivity index (χ1v) is 7.69. The minimum atomic E-state index is -0.723. The number of halogens is 2. The minimum Gasteiger partial charge on any atom is -0.436 e. The first-order valence-electron chi connectivity index (χ1n) is 7.31. The summed E-state index contributed by atoms with van der Waals surface area (Å²) in [5.74, 6) is -0.980. The summed E-state index contributed by atoms with van der Waals surface area (Å²) in [5.41, 5.74) is 3.56. The minimum absolute atomic E-state index is 0.116. The van der Waals surface area contributed by atoms with E-state index >= 15 is 0 Å². The Morgan fingerprint density at radius 1 is 1.19 bits per heavy atom. The summed E-state index contributed by atoms with van der Waals surface area (Å²) < 4.78 is 18.9. The van der Waals surface area contributed by atoms with Gasteiger partial charge in [-0.3, -0.25) is 9.78 Å². The summed E-state index contributed by atoms with van der Waals surface area (Å²) in [6, 6.07) is 9.71. The average Bonchev–Trinajstić information content (AvgIpc) is 2.67. The van der Waals surface area contributed by atoms with Crippen LogP contribution in [0.15, 0.2) is 60.1 Å². The van der Waals surface area contributed by atoms with Gasteiger partial charge in [0.1, 0.15) is 5.75 Å². The predicted octanol–water partition coefficient (Wildman–Crippen LogP) is 3.22. The molecule has 9 heteroatoms. The summed E-state index contributed by atoms with van der Waals surface area (Å²) in [6.07, 6.45) is 5.43. The van der Waals surface area contributed by atoms with Crippen LogP contribution in [0, 0.1) is 5.82 Å². The van der Waals surface area contributed by atoms with Crippen molar-refractivity contribution in [3.63, 3.8) is 0 Å². The normalized spacial score (nSPS) is 10.7. The van der Waals surface area contributed by atoms with E-state index in [2.05, 4.69) is 25.5 Å². The Morgan fingerprint density at radius 3 is 2.65 bits per heavy atom. The summed E-state index contributed by atoms with van der Waals surface area (Å²) in [4.78, 5) is 22.8. The Kier molecular flexibility index (Phi) is 5.45. The van der Waals surface area contributed by atoms with E-state index in [1.54, 1.807) is 36.4 Å². The molecule has 2 heterocycles. The molecule has 1 aromatic carbocycles. The molecule has 0 atom stereocenters. The van der Waals surface area contributed by atoms with E-state index in [-0.39, 0.29) is 17.1 Å². The number of pyridine rings is 1. The van der Waals surface area contributed by atoms with Crippen LogP contribution in [0.3, 0.4) is 0 Å². The van der Waals surface area contributed by atoms with Gasteiger partial charge >= 0.3 is 0 Å². The van der Waals surface area contributed by atoms with Crippen LogP contribution in [0.25, 0.3) is 0 Å². The van der Waals surface area contributed by atoms with Crippen LogP contribution in [-0.2, 0) is 0 Å². The lowest BCUT2D eigenvalue weighted by Gasteiger charge is -2.05. The topological polar surface area (TPSA) is 89.4 Å². The van der Waals surface area contributed by atoms with Crippen LogP contribution in [-0.4, -0.2) is 27.1 Å². The molecular weight excluding hydrogens is 361 g/mol. The molecule has 1 N–H and O–H groups in total. The standard InChI is InChI=1S/C17H11ClFN5O2/c18-17-21-10-14(19)16(23-17)26-13-3-1-11(2-4-13)9-22-24-15(25)12-5-7-20-8-6-12/h1-10H,(H,24,25)/b22-9-. The van der Waals surface area contributed by atoms with Gasteiger partial charge in [0, 0.05) is 18.0 Å². The maximum Gasteiger partial charge on any atom is 0.271 e. The van der Waals surface area contributed by atoms with Crippen molar-refractivity contribution in [2.24, 2.45) is 5.10 Å². The van der Waals surface area contributed by atoms with E-state index in [1.165, 1.54) is 18.6 Å². The Labute approximate surface area is 152 Å². The molecule has 130 valence electrons. The summed E-state index contributed by atoms with van der Waals surface area (Å²) in [7, 11) is 0. The highest BCUT2D eigenvalue weighted by molar-refractivity contribution is 6.28. The maximum atomic E-state index is 13.5. The molecule has 0 bridgehead atoms. The molecule has 3 rings (SSSR count). The van der Waals surface area contributed by atoms with Gasteiger partial charge in [0.25, 0.3) is 11.8 Å². The van der Waals surface area contributed by atoms with E-state index in [9.17, 15) is 9.18 Å². The largest absolute Gasteiger partial charge is 0.436 e. The smallest absolute Gasteiger partial charge is 0.271 e. The number of hydrazone groups is 1. The number of rotatable bonds is 5. The second-order valence-corrected chi connectivity index (χ2v) is 5.24. The number of nitrogens with one attached hydrogen (secondary N) is 1. The molecule has 0 aliphatic rings. The van der Waals surface area contributed by atoms with E-state index in [4.69, 9.17) is 16.3 Å². The lowest BCUT2D eigenvalue weighted by molar-refractivity contribution is 0.0955. The Morgan fingerprint density at radius 2 is 1.92 bits per heavy atom. The van der Waals surface area contributed by atoms with Crippen LogP contribution in [0.5, 0.6) is 11.6 Å². The third-order valence-corrected chi connectivity index (χ3v) is 3.28. The van der Waals surface area contributed by atoms with Crippen LogP contribution in [0.1, 0.15) is 15.9 Å². The molecule has 0 saturated carbocycles. The molecule has 0 unspecified atom stereocenters. The molecule has 0 aliphatic carbocycles. The SMILES string of the molecule is O=C(N/N=C\c1ccc(Oc2nc(Cl)ncc2F)cc1)c1ccncc1. The lowest BCUT2D eigenvalue weighted by Crippen LogP contribution is -2.17. The third kappa shape index (κ3) is 4.58. The van der Waals surface area contributed by atoms with Gasteiger partial charge in [-0.15, -0.1) is 0 Å². The summed E-state index contributed by atoms with van der Waals surface area (Å²) >= 11 is 5.61. The molecule has 7 nitrogen and oxygen atoms in total. The fraction of sp³-hybridized carbons (Fsp3) is 0. The molecule has 0 spiro atoms. The average molecular weight is 372 g/mol. The zero-order valence-electron chi connectivity index (χ0n) is 13.1. The predicted molar refractivity (Wildman–Crippen MR) is 92.8 cm³/mol. The van der Waals surface area contributed by atoms with Crippen molar-refractivity contribution < 1.29 is 13.9 Å². The van der Waals surface area contributed by atoms with E-state index in [1.807, 2.05) is 0 Å². The zero-order chi connectivity index (χ0) is 18.4. The molecule has 26 heavy (non-hydrogen) atoms. The number of nitrogens with zero attached hydrogens (tertiary/aromatic N) is 4. The summed E-state index contributed by atoms with van der Waals surface area (Å²) in [5, 5.41) is 3.76. The highest BCUT2D eigenvalue weighted by Gasteiger charge is 2.08. The van der Waals surface area contributed by atoms with Crippen LogP contribution >= 0.6 is 11.6 Å². The summed E-state index contributed by atoms with van der Waals surface area (Å²) in [6.45, 7) is 0. The van der Waals surface area contributed by atoms with Crippen molar-refractivity contribution in [2.75, 3.05) is 0 Å². The number of carbonyl (C=O) groups is 1. The fourth-order valence-corrected chi connectivity index (χ4v) is 2.00. The van der Waals surface area contributed by atoms with Crippen LogP contribution in [0.2, 0.25) is 5.28 Å². The number of benzene rings is 1. The first-order chi connectivity index (χ1) is 12.6. The number of carbonyl (C=O) groups excluding carboxylic acids is 1. The van der Waals surface area contributed by atoms with Crippen molar-refractivity contribution in [3.05, 3.63) is 77.2 Å². The monoisotopic (exact) mass is 371 g/mol. The van der Waals surface area contributed by atoms with Gasteiger partial charge in [0.2, 0.25) is 11.1 Å². The van der Waals surface area contributed by atoms with Crippen molar-refractivity contribution in [1.82, 2.24) is 20.4 Å². The van der Waals surface area contributed by atoms with Crippen LogP contribution < -0.4 is 10.2 Å². The number of hydrogen-bond donors (Lipinski definition) is 1. The molecule has 3 aromatic rings. The first kappa shape index (κ1) is 17.4. The van der Waals surface area contributed by atoms with Crippen molar-refractivity contribution in [2.45, 2.75) is 0 Å².